The van der Waals surface area contributed by atoms with E-state index in [0.29, 0.717) is 27.1 Å². The summed E-state index contributed by atoms with van der Waals surface area (Å²) < 4.78 is 5.79. The first-order valence-electron chi connectivity index (χ1n) is 6.90. The fourth-order valence-electron chi connectivity index (χ4n) is 2.19. The van der Waals surface area contributed by atoms with Gasteiger partial charge in [-0.3, -0.25) is 0 Å². The Bertz CT molecular complexity index is 902. The second kappa shape index (κ2) is 6.75. The van der Waals surface area contributed by atoms with Crippen LogP contribution in [0.15, 0.2) is 65.1 Å². The molecule has 0 atom stereocenters. The fraction of sp³-hybridized carbons (Fsp3) is 0. The molecule has 3 aromatic rings. The average molecular weight is 340 g/mol. The summed E-state index contributed by atoms with van der Waals surface area (Å²) >= 11 is 12.0. The van der Waals surface area contributed by atoms with Crippen molar-refractivity contribution in [3.63, 3.8) is 0 Å². The highest BCUT2D eigenvalue weighted by atomic mass is 35.5. The van der Waals surface area contributed by atoms with Crippen LogP contribution >= 0.6 is 23.2 Å². The number of nitrogens with zero attached hydrogens (tertiary/aromatic N) is 1. The predicted octanol–water partition coefficient (Wildman–Crippen LogP) is 6.32. The second-order valence-electron chi connectivity index (χ2n) is 4.86. The van der Waals surface area contributed by atoms with Gasteiger partial charge in [-0.1, -0.05) is 47.5 Å². The Morgan fingerprint density at radius 2 is 1.70 bits per heavy atom. The minimum Gasteiger partial charge on any atom is -0.457 e. The van der Waals surface area contributed by atoms with Crippen LogP contribution in [-0.4, -0.2) is 0 Å². The third kappa shape index (κ3) is 3.48. The van der Waals surface area contributed by atoms with Crippen molar-refractivity contribution in [3.8, 4) is 17.4 Å². The van der Waals surface area contributed by atoms with Crippen LogP contribution in [0.4, 0.5) is 0 Å². The van der Waals surface area contributed by atoms with Crippen molar-refractivity contribution in [1.29, 1.82) is 5.26 Å². The molecule has 0 N–H and O–H groups in total. The molecule has 0 unspecified atom stereocenters. The molecule has 112 valence electrons. The van der Waals surface area contributed by atoms with E-state index in [4.69, 9.17) is 27.6 Å². The summed E-state index contributed by atoms with van der Waals surface area (Å²) in [4.78, 5) is 0. The lowest BCUT2D eigenvalue weighted by atomic mass is 10.1. The molecule has 0 bridgehead atoms. The number of halogens is 2. The Morgan fingerprint density at radius 3 is 2.39 bits per heavy atom. The summed E-state index contributed by atoms with van der Waals surface area (Å²) in [6.07, 6.45) is 1.70. The van der Waals surface area contributed by atoms with Crippen LogP contribution in [0.1, 0.15) is 11.3 Å². The Morgan fingerprint density at radius 1 is 0.957 bits per heavy atom. The molecule has 0 radical (unpaired) electrons. The smallest absolute Gasteiger partial charge is 0.136 e. The molecule has 0 aliphatic carbocycles. The van der Waals surface area contributed by atoms with Gasteiger partial charge < -0.3 is 4.42 Å². The van der Waals surface area contributed by atoms with E-state index >= 15 is 0 Å². The van der Waals surface area contributed by atoms with E-state index in [2.05, 4.69) is 6.07 Å². The van der Waals surface area contributed by atoms with Gasteiger partial charge in [-0.05, 0) is 48.0 Å². The first kappa shape index (κ1) is 15.4. The monoisotopic (exact) mass is 339 g/mol. The Balaban J connectivity index is 1.95. The van der Waals surface area contributed by atoms with Crippen LogP contribution in [-0.2, 0) is 0 Å². The van der Waals surface area contributed by atoms with Gasteiger partial charge in [-0.25, -0.2) is 0 Å². The summed E-state index contributed by atoms with van der Waals surface area (Å²) in [7, 11) is 0. The first-order chi connectivity index (χ1) is 11.2. The van der Waals surface area contributed by atoms with Gasteiger partial charge >= 0.3 is 0 Å². The number of furan rings is 1. The average Bonchev–Trinajstić information content (AvgIpc) is 3.02. The summed E-state index contributed by atoms with van der Waals surface area (Å²) in [6.45, 7) is 0. The third-order valence-electron chi connectivity index (χ3n) is 3.33. The lowest BCUT2D eigenvalue weighted by Crippen LogP contribution is -1.80. The van der Waals surface area contributed by atoms with Crippen molar-refractivity contribution < 1.29 is 4.42 Å². The minimum absolute atomic E-state index is 0.502. The number of rotatable bonds is 3. The largest absolute Gasteiger partial charge is 0.457 e. The minimum atomic E-state index is 0.502. The van der Waals surface area contributed by atoms with Gasteiger partial charge in [0.15, 0.2) is 0 Å². The highest BCUT2D eigenvalue weighted by Gasteiger charge is 2.08. The van der Waals surface area contributed by atoms with E-state index in [0.717, 1.165) is 11.1 Å². The molecule has 3 rings (SSSR count). The van der Waals surface area contributed by atoms with Crippen LogP contribution in [0.2, 0.25) is 10.0 Å². The van der Waals surface area contributed by atoms with Crippen molar-refractivity contribution in [1.82, 2.24) is 0 Å². The molecule has 1 heterocycles. The molecule has 2 aromatic carbocycles. The van der Waals surface area contributed by atoms with Crippen molar-refractivity contribution in [2.45, 2.75) is 0 Å². The van der Waals surface area contributed by atoms with E-state index in [-0.39, 0.29) is 0 Å². The molecule has 0 saturated heterocycles. The van der Waals surface area contributed by atoms with Crippen LogP contribution in [0.5, 0.6) is 0 Å². The molecular weight excluding hydrogens is 329 g/mol. The van der Waals surface area contributed by atoms with Gasteiger partial charge in [0.05, 0.1) is 16.7 Å². The van der Waals surface area contributed by atoms with Crippen LogP contribution in [0, 0.1) is 11.3 Å². The van der Waals surface area contributed by atoms with Crippen molar-refractivity contribution in [2.24, 2.45) is 0 Å². The van der Waals surface area contributed by atoms with Gasteiger partial charge in [0, 0.05) is 10.6 Å². The number of nitriles is 1. The quantitative estimate of drug-likeness (QED) is 0.523. The number of hydrogen-bond donors (Lipinski definition) is 0. The van der Waals surface area contributed by atoms with Crippen molar-refractivity contribution in [2.75, 3.05) is 0 Å². The molecule has 1 aromatic heterocycles. The Kier molecular flexibility index (Phi) is 4.52. The number of benzene rings is 2. The van der Waals surface area contributed by atoms with E-state index in [1.54, 1.807) is 30.3 Å². The van der Waals surface area contributed by atoms with E-state index in [1.165, 1.54) is 0 Å². The zero-order valence-electron chi connectivity index (χ0n) is 12.0. The third-order valence-corrected chi connectivity index (χ3v) is 3.91. The van der Waals surface area contributed by atoms with Crippen molar-refractivity contribution in [3.05, 3.63) is 82.0 Å². The normalized spacial score (nSPS) is 11.3. The summed E-state index contributed by atoms with van der Waals surface area (Å²) in [5, 5.41) is 10.6. The molecular formula is C19H11Cl2NO. The second-order valence-corrected chi connectivity index (χ2v) is 5.70. The van der Waals surface area contributed by atoms with Gasteiger partial charge in [0.2, 0.25) is 0 Å². The lowest BCUT2D eigenvalue weighted by molar-refractivity contribution is 0.572. The van der Waals surface area contributed by atoms with Gasteiger partial charge in [0.25, 0.3) is 0 Å². The zero-order chi connectivity index (χ0) is 16.2. The van der Waals surface area contributed by atoms with E-state index in [1.807, 2.05) is 36.4 Å². The first-order valence-corrected chi connectivity index (χ1v) is 7.65. The van der Waals surface area contributed by atoms with E-state index < -0.39 is 0 Å². The maximum atomic E-state index is 9.36. The maximum absolute atomic E-state index is 9.36. The highest BCUT2D eigenvalue weighted by Crippen LogP contribution is 2.30. The maximum Gasteiger partial charge on any atom is 0.136 e. The summed E-state index contributed by atoms with van der Waals surface area (Å²) in [6, 6.07) is 20.4. The molecule has 4 heteroatoms. The van der Waals surface area contributed by atoms with Gasteiger partial charge in [0.1, 0.15) is 11.5 Å². The molecule has 23 heavy (non-hydrogen) atoms. The van der Waals surface area contributed by atoms with Crippen molar-refractivity contribution >= 4 is 34.9 Å². The predicted molar refractivity (Wildman–Crippen MR) is 94.1 cm³/mol. The number of hydrogen-bond acceptors (Lipinski definition) is 2. The molecule has 0 fully saturated rings. The fourth-order valence-corrected chi connectivity index (χ4v) is 2.54. The zero-order valence-corrected chi connectivity index (χ0v) is 13.5. The number of allylic oxidation sites excluding steroid dienone is 1. The molecule has 2 nitrogen and oxygen atoms in total. The topological polar surface area (TPSA) is 36.9 Å². The Labute approximate surface area is 144 Å². The van der Waals surface area contributed by atoms with Gasteiger partial charge in [-0.2, -0.15) is 5.26 Å². The summed E-state index contributed by atoms with van der Waals surface area (Å²) in [5.41, 5.74) is 2.10. The molecule has 0 spiro atoms. The van der Waals surface area contributed by atoms with Gasteiger partial charge in [-0.15, -0.1) is 0 Å². The highest BCUT2D eigenvalue weighted by molar-refractivity contribution is 6.33. The SMILES string of the molecule is N#CC(=Cc1ccc(-c2ccccc2Cl)o1)c1ccc(Cl)cc1. The molecule has 0 aliphatic rings. The molecule has 0 amide bonds. The lowest BCUT2D eigenvalue weighted by Gasteiger charge is -2.00. The van der Waals surface area contributed by atoms with Crippen LogP contribution < -0.4 is 0 Å². The van der Waals surface area contributed by atoms with Crippen LogP contribution in [0.3, 0.4) is 0 Å². The molecule has 0 aliphatic heterocycles. The molecule has 0 saturated carbocycles. The standard InChI is InChI=1S/C19H11Cl2NO/c20-15-7-5-13(6-8-15)14(12-22)11-16-9-10-19(23-16)17-3-1-2-4-18(17)21/h1-11H. The van der Waals surface area contributed by atoms with E-state index in [9.17, 15) is 5.26 Å². The van der Waals surface area contributed by atoms with Crippen LogP contribution in [0.25, 0.3) is 23.0 Å². The summed E-state index contributed by atoms with van der Waals surface area (Å²) in [5.74, 6) is 1.25. The Hall–Kier alpha value is -2.47.